The topological polar surface area (TPSA) is 96.6 Å². The van der Waals surface area contributed by atoms with Gasteiger partial charge in [0.15, 0.2) is 0 Å². The molecule has 0 aliphatic carbocycles. The first kappa shape index (κ1) is 16.6. The summed E-state index contributed by atoms with van der Waals surface area (Å²) in [7, 11) is -0.545. The number of hydrogen-bond acceptors (Lipinski definition) is 6. The van der Waals surface area contributed by atoms with Crippen LogP contribution in [0.2, 0.25) is 0 Å². The summed E-state index contributed by atoms with van der Waals surface area (Å²) in [6.07, 6.45) is 1.96. The second-order valence-corrected chi connectivity index (χ2v) is 7.89. The van der Waals surface area contributed by atoms with Crippen molar-refractivity contribution in [1.29, 1.82) is 0 Å². The van der Waals surface area contributed by atoms with Crippen molar-refractivity contribution < 1.29 is 17.7 Å². The van der Waals surface area contributed by atoms with Crippen molar-refractivity contribution in [3.05, 3.63) is 30.2 Å². The van der Waals surface area contributed by atoms with Crippen molar-refractivity contribution in [3.63, 3.8) is 0 Å². The van der Waals surface area contributed by atoms with Gasteiger partial charge >= 0.3 is 11.8 Å². The molecule has 2 aromatic rings. The van der Waals surface area contributed by atoms with Gasteiger partial charge < -0.3 is 9.42 Å². The molecule has 2 heterocycles. The van der Waals surface area contributed by atoms with E-state index in [2.05, 4.69) is 10.1 Å². The van der Waals surface area contributed by atoms with Gasteiger partial charge in [0, 0.05) is 32.7 Å². The molecule has 0 atom stereocenters. The Labute approximate surface area is 140 Å². The summed E-state index contributed by atoms with van der Waals surface area (Å²) in [5.41, 5.74) is 0.580. The quantitative estimate of drug-likeness (QED) is 0.822. The Kier molecular flexibility index (Phi) is 4.37. The van der Waals surface area contributed by atoms with E-state index in [0.29, 0.717) is 18.7 Å². The summed E-state index contributed by atoms with van der Waals surface area (Å²) in [5, 5.41) is 3.81. The minimum atomic E-state index is -3.49. The first-order valence-corrected chi connectivity index (χ1v) is 8.99. The largest absolute Gasteiger partial charge is 0.334 e. The molecule has 1 saturated heterocycles. The lowest BCUT2D eigenvalue weighted by Crippen LogP contribution is -2.27. The molecule has 0 saturated carbocycles. The van der Waals surface area contributed by atoms with Crippen molar-refractivity contribution in [2.75, 3.05) is 27.2 Å². The highest BCUT2D eigenvalue weighted by atomic mass is 32.2. The minimum absolute atomic E-state index is 0.0445. The van der Waals surface area contributed by atoms with Gasteiger partial charge in [-0.2, -0.15) is 4.98 Å². The van der Waals surface area contributed by atoms with Gasteiger partial charge in [-0.25, -0.2) is 12.7 Å². The molecular weight excluding hydrogens is 332 g/mol. The van der Waals surface area contributed by atoms with Crippen molar-refractivity contribution in [3.8, 4) is 11.4 Å². The van der Waals surface area contributed by atoms with E-state index in [9.17, 15) is 13.2 Å². The van der Waals surface area contributed by atoms with Crippen molar-refractivity contribution in [1.82, 2.24) is 19.3 Å². The van der Waals surface area contributed by atoms with Gasteiger partial charge in [-0.05, 0) is 37.1 Å². The molecule has 1 fully saturated rings. The number of carbonyl (C=O) groups excluding carboxylic acids is 1. The average molecular weight is 350 g/mol. The highest BCUT2D eigenvalue weighted by Gasteiger charge is 2.25. The van der Waals surface area contributed by atoms with E-state index in [1.807, 2.05) is 0 Å². The molecule has 3 rings (SSSR count). The number of rotatable bonds is 4. The standard InChI is InChI=1S/C15H18N4O4S/c1-18(2)24(21,22)12-7-5-11(6-8-12)13-16-14(23-17-13)15(20)19-9-3-4-10-19/h5-8H,3-4,9-10H2,1-2H3. The highest BCUT2D eigenvalue weighted by molar-refractivity contribution is 7.89. The van der Waals surface area contributed by atoms with Crippen molar-refractivity contribution in [2.24, 2.45) is 0 Å². The third kappa shape index (κ3) is 3.04. The molecule has 128 valence electrons. The minimum Gasteiger partial charge on any atom is -0.334 e. The normalized spacial score (nSPS) is 15.2. The monoisotopic (exact) mass is 350 g/mol. The third-order valence-corrected chi connectivity index (χ3v) is 5.72. The first-order chi connectivity index (χ1) is 11.4. The number of nitrogens with zero attached hydrogens (tertiary/aromatic N) is 4. The van der Waals surface area contributed by atoms with E-state index < -0.39 is 10.0 Å². The summed E-state index contributed by atoms with van der Waals surface area (Å²) >= 11 is 0. The fraction of sp³-hybridized carbons (Fsp3) is 0.400. The molecule has 1 aromatic heterocycles. The van der Waals surface area contributed by atoms with Gasteiger partial charge in [-0.15, -0.1) is 0 Å². The highest BCUT2D eigenvalue weighted by Crippen LogP contribution is 2.21. The summed E-state index contributed by atoms with van der Waals surface area (Å²) in [6.45, 7) is 1.40. The molecule has 1 aliphatic heterocycles. The van der Waals surface area contributed by atoms with E-state index in [-0.39, 0.29) is 22.5 Å². The Balaban J connectivity index is 1.82. The molecule has 1 aromatic carbocycles. The van der Waals surface area contributed by atoms with Crippen LogP contribution in [0.4, 0.5) is 0 Å². The summed E-state index contributed by atoms with van der Waals surface area (Å²) in [4.78, 5) is 18.2. The Morgan fingerprint density at radius 1 is 1.17 bits per heavy atom. The number of aromatic nitrogens is 2. The second-order valence-electron chi connectivity index (χ2n) is 5.73. The Morgan fingerprint density at radius 3 is 2.38 bits per heavy atom. The molecule has 1 amide bonds. The number of sulfonamides is 1. The van der Waals surface area contributed by atoms with Gasteiger partial charge in [0.05, 0.1) is 4.90 Å². The Bertz CT molecular complexity index is 837. The molecule has 0 N–H and O–H groups in total. The van der Waals surface area contributed by atoms with E-state index in [0.717, 1.165) is 17.1 Å². The Hall–Kier alpha value is -2.26. The van der Waals surface area contributed by atoms with Crippen LogP contribution >= 0.6 is 0 Å². The van der Waals surface area contributed by atoms with E-state index >= 15 is 0 Å². The lowest BCUT2D eigenvalue weighted by atomic mass is 10.2. The molecule has 0 bridgehead atoms. The zero-order chi connectivity index (χ0) is 17.3. The average Bonchev–Trinajstić information content (AvgIpc) is 3.26. The van der Waals surface area contributed by atoms with Gasteiger partial charge in [0.1, 0.15) is 0 Å². The van der Waals surface area contributed by atoms with Crippen molar-refractivity contribution in [2.45, 2.75) is 17.7 Å². The molecule has 0 unspecified atom stereocenters. The lowest BCUT2D eigenvalue weighted by Gasteiger charge is -2.11. The van der Waals surface area contributed by atoms with Gasteiger partial charge in [0.25, 0.3) is 0 Å². The molecule has 0 spiro atoms. The predicted octanol–water partition coefficient (Wildman–Crippen LogP) is 1.22. The number of hydrogen-bond donors (Lipinski definition) is 0. The molecule has 1 aliphatic rings. The van der Waals surface area contributed by atoms with E-state index in [1.54, 1.807) is 17.0 Å². The summed E-state index contributed by atoms with van der Waals surface area (Å²) in [5.74, 6) is -0.0544. The van der Waals surface area contributed by atoms with Gasteiger partial charge in [0.2, 0.25) is 15.8 Å². The third-order valence-electron chi connectivity index (χ3n) is 3.89. The number of amides is 1. The number of benzene rings is 1. The fourth-order valence-corrected chi connectivity index (χ4v) is 3.37. The van der Waals surface area contributed by atoms with Crippen LogP contribution in [0.25, 0.3) is 11.4 Å². The van der Waals surface area contributed by atoms with Gasteiger partial charge in [-0.3, -0.25) is 4.79 Å². The smallest absolute Gasteiger partial charge is 0.316 e. The maximum atomic E-state index is 12.2. The molecule has 0 radical (unpaired) electrons. The van der Waals surface area contributed by atoms with E-state index in [1.165, 1.54) is 26.2 Å². The van der Waals surface area contributed by atoms with Crippen LogP contribution < -0.4 is 0 Å². The fourth-order valence-electron chi connectivity index (χ4n) is 2.47. The van der Waals surface area contributed by atoms with Crippen LogP contribution in [0, 0.1) is 0 Å². The van der Waals surface area contributed by atoms with E-state index in [4.69, 9.17) is 4.52 Å². The van der Waals surface area contributed by atoms with Crippen LogP contribution in [0.3, 0.4) is 0 Å². The second kappa shape index (κ2) is 6.33. The van der Waals surface area contributed by atoms with Crippen LogP contribution in [0.15, 0.2) is 33.7 Å². The maximum Gasteiger partial charge on any atom is 0.316 e. The molecule has 24 heavy (non-hydrogen) atoms. The number of carbonyl (C=O) groups is 1. The summed E-state index contributed by atoms with van der Waals surface area (Å²) < 4.78 is 30.3. The lowest BCUT2D eigenvalue weighted by molar-refractivity contribution is 0.0743. The zero-order valence-electron chi connectivity index (χ0n) is 13.5. The van der Waals surface area contributed by atoms with Crippen molar-refractivity contribution >= 4 is 15.9 Å². The number of likely N-dealkylation sites (tertiary alicyclic amines) is 1. The SMILES string of the molecule is CN(C)S(=O)(=O)c1ccc(-c2noc(C(=O)N3CCCC3)n2)cc1. The first-order valence-electron chi connectivity index (χ1n) is 7.55. The van der Waals surface area contributed by atoms with Crippen LogP contribution in [0.1, 0.15) is 23.5 Å². The molecular formula is C15H18N4O4S. The van der Waals surface area contributed by atoms with Crippen LogP contribution in [-0.4, -0.2) is 60.9 Å². The van der Waals surface area contributed by atoms with Gasteiger partial charge in [-0.1, -0.05) is 5.16 Å². The maximum absolute atomic E-state index is 12.2. The zero-order valence-corrected chi connectivity index (χ0v) is 14.3. The van der Waals surface area contributed by atoms with Crippen LogP contribution in [-0.2, 0) is 10.0 Å². The van der Waals surface area contributed by atoms with Crippen LogP contribution in [0.5, 0.6) is 0 Å². The molecule has 9 heteroatoms. The predicted molar refractivity (Wildman–Crippen MR) is 85.7 cm³/mol. The molecule has 8 nitrogen and oxygen atoms in total. The summed E-state index contributed by atoms with van der Waals surface area (Å²) in [6, 6.07) is 6.13. The Morgan fingerprint density at radius 2 is 1.79 bits per heavy atom.